The number of fused-ring (bicyclic) bond motifs is 2. The summed E-state index contributed by atoms with van der Waals surface area (Å²) >= 11 is 1.57. The number of benzene rings is 2. The Morgan fingerprint density at radius 1 is 0.906 bits per heavy atom. The molecule has 2 atom stereocenters. The zero-order valence-corrected chi connectivity index (χ0v) is 19.4. The van der Waals surface area contributed by atoms with Crippen LogP contribution in [-0.2, 0) is 5.92 Å². The number of alkyl halides is 2. The number of piperazine rings is 1. The summed E-state index contributed by atoms with van der Waals surface area (Å²) in [5.74, 6) is -2.92. The molecule has 0 bridgehead atoms. The SMILES string of the molecule is CC(O)CN1CCN(CC(O)CN2c3ccccc3Sc3ccc(C(C)(F)F)cc32)CC1. The van der Waals surface area contributed by atoms with Gasteiger partial charge in [-0.25, -0.2) is 8.78 Å². The number of aliphatic hydroxyl groups excluding tert-OH is 2. The second-order valence-electron chi connectivity index (χ2n) is 8.86. The molecule has 0 amide bonds. The minimum absolute atomic E-state index is 0.0232. The smallest absolute Gasteiger partial charge is 0.270 e. The van der Waals surface area contributed by atoms with Crippen LogP contribution < -0.4 is 4.90 Å². The maximum absolute atomic E-state index is 14.0. The van der Waals surface area contributed by atoms with Crippen LogP contribution in [0.2, 0.25) is 0 Å². The van der Waals surface area contributed by atoms with Crippen molar-refractivity contribution < 1.29 is 19.0 Å². The summed E-state index contributed by atoms with van der Waals surface area (Å²) in [4.78, 5) is 8.40. The van der Waals surface area contributed by atoms with E-state index in [9.17, 15) is 19.0 Å². The number of β-amino-alcohol motifs (C(OH)–C–C–N with tert-alkyl or cyclic N) is 2. The van der Waals surface area contributed by atoms with Gasteiger partial charge in [0.05, 0.1) is 30.1 Å². The third-order valence-corrected chi connectivity index (χ3v) is 7.11. The monoisotopic (exact) mass is 463 g/mol. The van der Waals surface area contributed by atoms with E-state index in [1.807, 2.05) is 29.2 Å². The molecule has 2 heterocycles. The van der Waals surface area contributed by atoms with Crippen LogP contribution in [0, 0.1) is 0 Å². The number of anilines is 2. The van der Waals surface area contributed by atoms with Crippen molar-refractivity contribution in [3.63, 3.8) is 0 Å². The van der Waals surface area contributed by atoms with E-state index < -0.39 is 12.0 Å². The van der Waals surface area contributed by atoms with Crippen molar-refractivity contribution in [2.24, 2.45) is 0 Å². The lowest BCUT2D eigenvalue weighted by molar-refractivity contribution is 0.0174. The minimum Gasteiger partial charge on any atom is -0.392 e. The fourth-order valence-electron chi connectivity index (χ4n) is 4.39. The lowest BCUT2D eigenvalue weighted by Gasteiger charge is -2.38. The van der Waals surface area contributed by atoms with Crippen molar-refractivity contribution in [2.75, 3.05) is 50.7 Å². The molecule has 0 radical (unpaired) electrons. The van der Waals surface area contributed by atoms with Gasteiger partial charge in [-0.2, -0.15) is 0 Å². The Balaban J connectivity index is 1.49. The molecule has 2 aliphatic heterocycles. The highest BCUT2D eigenvalue weighted by molar-refractivity contribution is 7.99. The fraction of sp³-hybridized carbons (Fsp3) is 0.500. The van der Waals surface area contributed by atoms with E-state index in [4.69, 9.17) is 0 Å². The lowest BCUT2D eigenvalue weighted by Crippen LogP contribution is -2.51. The summed E-state index contributed by atoms with van der Waals surface area (Å²) in [6.45, 7) is 7.61. The molecule has 174 valence electrons. The van der Waals surface area contributed by atoms with E-state index in [1.54, 1.807) is 30.8 Å². The number of aliphatic hydroxyl groups is 2. The molecule has 0 aromatic heterocycles. The predicted octanol–water partition coefficient (Wildman–Crippen LogP) is 3.76. The largest absolute Gasteiger partial charge is 0.392 e. The summed E-state index contributed by atoms with van der Waals surface area (Å²) in [7, 11) is 0. The lowest BCUT2D eigenvalue weighted by atomic mass is 10.1. The van der Waals surface area contributed by atoms with E-state index in [1.165, 1.54) is 6.07 Å². The van der Waals surface area contributed by atoms with E-state index in [2.05, 4.69) is 9.80 Å². The quantitative estimate of drug-likeness (QED) is 0.652. The van der Waals surface area contributed by atoms with Gasteiger partial charge in [0, 0.05) is 61.5 Å². The molecule has 5 nitrogen and oxygen atoms in total. The summed E-state index contributed by atoms with van der Waals surface area (Å²) in [6.07, 6.45) is -0.974. The Morgan fingerprint density at radius 3 is 2.19 bits per heavy atom. The van der Waals surface area contributed by atoms with Crippen LogP contribution in [0.3, 0.4) is 0 Å². The molecular weight excluding hydrogens is 432 g/mol. The van der Waals surface area contributed by atoms with Gasteiger partial charge in [-0.3, -0.25) is 9.80 Å². The molecule has 0 aliphatic carbocycles. The second-order valence-corrected chi connectivity index (χ2v) is 9.94. The molecular formula is C24H31F2N3O2S. The molecule has 2 aliphatic rings. The third-order valence-electron chi connectivity index (χ3n) is 5.98. The van der Waals surface area contributed by atoms with Crippen LogP contribution >= 0.6 is 11.8 Å². The predicted molar refractivity (Wildman–Crippen MR) is 124 cm³/mol. The molecule has 4 rings (SSSR count). The van der Waals surface area contributed by atoms with Crippen LogP contribution in [0.5, 0.6) is 0 Å². The highest BCUT2D eigenvalue weighted by Gasteiger charge is 2.30. The van der Waals surface area contributed by atoms with Crippen LogP contribution in [0.25, 0.3) is 0 Å². The molecule has 2 N–H and O–H groups in total. The zero-order valence-electron chi connectivity index (χ0n) is 18.5. The number of hydrogen-bond donors (Lipinski definition) is 2. The zero-order chi connectivity index (χ0) is 22.9. The van der Waals surface area contributed by atoms with Gasteiger partial charge in [0.2, 0.25) is 0 Å². The van der Waals surface area contributed by atoms with Crippen LogP contribution in [-0.4, -0.2) is 78.0 Å². The first-order valence-corrected chi connectivity index (χ1v) is 11.9. The molecule has 1 saturated heterocycles. The Kier molecular flexibility index (Phi) is 7.07. The number of nitrogens with zero attached hydrogens (tertiary/aromatic N) is 3. The highest BCUT2D eigenvalue weighted by atomic mass is 32.2. The minimum atomic E-state index is -2.92. The van der Waals surface area contributed by atoms with Crippen molar-refractivity contribution in [1.29, 1.82) is 0 Å². The third kappa shape index (κ3) is 5.43. The first kappa shape index (κ1) is 23.4. The maximum Gasteiger partial charge on any atom is 0.270 e. The van der Waals surface area contributed by atoms with Crippen LogP contribution in [0.4, 0.5) is 20.2 Å². The molecule has 2 aromatic carbocycles. The standard InChI is InChI=1S/C24H31F2N3O2S/c1-17(30)14-27-9-11-28(12-10-27)15-19(31)16-29-20-5-3-4-6-22(20)32-23-8-7-18(13-21(23)29)24(2,25)26/h3-8,13,17,19,30-31H,9-12,14-16H2,1-2H3. The number of para-hydroxylation sites is 1. The highest BCUT2D eigenvalue weighted by Crippen LogP contribution is 2.49. The Bertz CT molecular complexity index is 930. The van der Waals surface area contributed by atoms with Gasteiger partial charge in [0.1, 0.15) is 0 Å². The van der Waals surface area contributed by atoms with Crippen molar-refractivity contribution in [3.05, 3.63) is 48.0 Å². The molecule has 0 saturated carbocycles. The summed E-state index contributed by atoms with van der Waals surface area (Å²) in [5, 5.41) is 20.5. The van der Waals surface area contributed by atoms with E-state index >= 15 is 0 Å². The average Bonchev–Trinajstić information content (AvgIpc) is 2.73. The summed E-state index contributed by atoms with van der Waals surface area (Å²) < 4.78 is 28.1. The van der Waals surface area contributed by atoms with E-state index in [0.29, 0.717) is 25.3 Å². The fourth-order valence-corrected chi connectivity index (χ4v) is 5.47. The van der Waals surface area contributed by atoms with Gasteiger partial charge in [0.25, 0.3) is 5.92 Å². The Hall–Kier alpha value is -1.71. The van der Waals surface area contributed by atoms with Gasteiger partial charge in [0.15, 0.2) is 0 Å². The van der Waals surface area contributed by atoms with Crippen molar-refractivity contribution in [2.45, 2.75) is 41.8 Å². The van der Waals surface area contributed by atoms with Gasteiger partial charge in [-0.15, -0.1) is 0 Å². The molecule has 8 heteroatoms. The van der Waals surface area contributed by atoms with Gasteiger partial charge in [-0.05, 0) is 31.2 Å². The summed E-state index contributed by atoms with van der Waals surface area (Å²) in [5.41, 5.74) is 1.63. The van der Waals surface area contributed by atoms with Crippen LogP contribution in [0.1, 0.15) is 19.4 Å². The number of rotatable bonds is 7. The van der Waals surface area contributed by atoms with Crippen LogP contribution in [0.15, 0.2) is 52.3 Å². The van der Waals surface area contributed by atoms with Gasteiger partial charge >= 0.3 is 0 Å². The Labute approximate surface area is 192 Å². The maximum atomic E-state index is 14.0. The molecule has 32 heavy (non-hydrogen) atoms. The summed E-state index contributed by atoms with van der Waals surface area (Å²) in [6, 6.07) is 12.7. The Morgan fingerprint density at radius 2 is 1.53 bits per heavy atom. The first-order valence-electron chi connectivity index (χ1n) is 11.1. The molecule has 2 unspecified atom stereocenters. The van der Waals surface area contributed by atoms with E-state index in [0.717, 1.165) is 48.6 Å². The molecule has 0 spiro atoms. The van der Waals surface area contributed by atoms with Gasteiger partial charge < -0.3 is 15.1 Å². The van der Waals surface area contributed by atoms with Crippen molar-refractivity contribution in [1.82, 2.24) is 9.80 Å². The van der Waals surface area contributed by atoms with E-state index in [-0.39, 0.29) is 11.7 Å². The van der Waals surface area contributed by atoms with Crippen molar-refractivity contribution in [3.8, 4) is 0 Å². The van der Waals surface area contributed by atoms with Gasteiger partial charge in [-0.1, -0.05) is 30.0 Å². The number of hydrogen-bond acceptors (Lipinski definition) is 6. The average molecular weight is 464 g/mol. The second kappa shape index (κ2) is 9.65. The van der Waals surface area contributed by atoms with Crippen molar-refractivity contribution >= 4 is 23.1 Å². The topological polar surface area (TPSA) is 50.2 Å². The first-order chi connectivity index (χ1) is 15.2. The molecule has 1 fully saturated rings. The number of halogens is 2. The molecule has 2 aromatic rings. The normalized spacial score (nSPS) is 19.4.